The highest BCUT2D eigenvalue weighted by Crippen LogP contribution is 2.22. The molecule has 0 fully saturated rings. The summed E-state index contributed by atoms with van der Waals surface area (Å²) in [6.45, 7) is 3.35. The number of alkyl halides is 1. The van der Waals surface area contributed by atoms with Gasteiger partial charge in [0, 0.05) is 17.6 Å². The third kappa shape index (κ3) is 3.07. The molecule has 114 valence electrons. The molecule has 0 aliphatic heterocycles. The van der Waals surface area contributed by atoms with Crippen LogP contribution in [-0.2, 0) is 6.54 Å². The highest BCUT2D eigenvalue weighted by atomic mass is 35.5. The smallest absolute Gasteiger partial charge is 0.125 e. The molecule has 3 rings (SSSR count). The number of halogens is 1. The maximum Gasteiger partial charge on any atom is 0.125 e. The van der Waals surface area contributed by atoms with E-state index >= 15 is 0 Å². The largest absolute Gasteiger partial charge is 0.493 e. The van der Waals surface area contributed by atoms with Crippen LogP contribution < -0.4 is 4.74 Å². The molecule has 0 aliphatic carbocycles. The first-order valence-corrected chi connectivity index (χ1v) is 7.86. The van der Waals surface area contributed by atoms with Gasteiger partial charge in [-0.3, -0.25) is 4.98 Å². The van der Waals surface area contributed by atoms with E-state index in [0.717, 1.165) is 34.5 Å². The first-order valence-electron chi connectivity index (χ1n) is 7.32. The van der Waals surface area contributed by atoms with Gasteiger partial charge < -0.3 is 9.30 Å². The molecule has 0 aliphatic rings. The third-order valence-corrected chi connectivity index (χ3v) is 3.91. The number of nitrogens with zero attached hydrogens (tertiary/aromatic N) is 3. The van der Waals surface area contributed by atoms with E-state index in [9.17, 15) is 0 Å². The standard InChI is InChI=1S/C17H18ClN3O/c1-13-15(19-9-7-17(13)22-10-4-8-18)11-21-12-20-14-5-2-3-6-16(14)21/h2-3,5-7,9,12H,4,8,10-11H2,1H3. The van der Waals surface area contributed by atoms with Crippen molar-refractivity contribution in [2.75, 3.05) is 12.5 Å². The van der Waals surface area contributed by atoms with Gasteiger partial charge in [-0.15, -0.1) is 11.6 Å². The van der Waals surface area contributed by atoms with Crippen molar-refractivity contribution in [3.05, 3.63) is 54.1 Å². The predicted octanol–water partition coefficient (Wildman–Crippen LogP) is 3.80. The van der Waals surface area contributed by atoms with Gasteiger partial charge in [0.05, 0.1) is 36.2 Å². The summed E-state index contributed by atoms with van der Waals surface area (Å²) in [4.78, 5) is 8.91. The summed E-state index contributed by atoms with van der Waals surface area (Å²) < 4.78 is 7.88. The molecule has 5 heteroatoms. The summed E-state index contributed by atoms with van der Waals surface area (Å²) in [5.41, 5.74) is 4.16. The Morgan fingerprint density at radius 1 is 1.18 bits per heavy atom. The van der Waals surface area contributed by atoms with Crippen LogP contribution in [0.1, 0.15) is 17.7 Å². The molecular formula is C17H18ClN3O. The molecule has 2 heterocycles. The Labute approximate surface area is 134 Å². The molecule has 22 heavy (non-hydrogen) atoms. The van der Waals surface area contributed by atoms with Crippen molar-refractivity contribution >= 4 is 22.6 Å². The molecule has 0 amide bonds. The van der Waals surface area contributed by atoms with Crippen molar-refractivity contribution in [1.82, 2.24) is 14.5 Å². The number of pyridine rings is 1. The van der Waals surface area contributed by atoms with Crippen molar-refractivity contribution < 1.29 is 4.74 Å². The van der Waals surface area contributed by atoms with E-state index in [2.05, 4.69) is 20.6 Å². The van der Waals surface area contributed by atoms with Crippen LogP contribution in [0.4, 0.5) is 0 Å². The van der Waals surface area contributed by atoms with Crippen LogP contribution >= 0.6 is 11.6 Å². The second-order valence-corrected chi connectivity index (χ2v) is 5.51. The zero-order chi connectivity index (χ0) is 15.4. The van der Waals surface area contributed by atoms with Crippen LogP contribution in [0.15, 0.2) is 42.9 Å². The molecule has 4 nitrogen and oxygen atoms in total. The lowest BCUT2D eigenvalue weighted by Crippen LogP contribution is -2.06. The molecule has 0 atom stereocenters. The Kier molecular flexibility index (Phi) is 4.59. The maximum atomic E-state index is 5.78. The first kappa shape index (κ1) is 14.9. The van der Waals surface area contributed by atoms with Gasteiger partial charge in [0.2, 0.25) is 0 Å². The summed E-state index contributed by atoms with van der Waals surface area (Å²) in [7, 11) is 0. The molecule has 0 saturated carbocycles. The van der Waals surface area contributed by atoms with Crippen molar-refractivity contribution in [3.63, 3.8) is 0 Å². The summed E-state index contributed by atoms with van der Waals surface area (Å²) in [5, 5.41) is 0. The van der Waals surface area contributed by atoms with Crippen LogP contribution in [-0.4, -0.2) is 27.0 Å². The molecule has 0 spiro atoms. The van der Waals surface area contributed by atoms with Gasteiger partial charge in [-0.05, 0) is 31.5 Å². The minimum atomic E-state index is 0.609. The molecule has 0 bridgehead atoms. The van der Waals surface area contributed by atoms with E-state index in [0.29, 0.717) is 19.0 Å². The van der Waals surface area contributed by atoms with Gasteiger partial charge in [-0.1, -0.05) is 12.1 Å². The normalized spacial score (nSPS) is 11.0. The van der Waals surface area contributed by atoms with Crippen molar-refractivity contribution in [2.45, 2.75) is 19.9 Å². The fraction of sp³-hybridized carbons (Fsp3) is 0.294. The summed E-state index contributed by atoms with van der Waals surface area (Å²) in [6, 6.07) is 10.00. The lowest BCUT2D eigenvalue weighted by Gasteiger charge is -2.12. The fourth-order valence-electron chi connectivity index (χ4n) is 2.41. The minimum absolute atomic E-state index is 0.609. The second-order valence-electron chi connectivity index (χ2n) is 5.13. The Bertz CT molecular complexity index is 769. The van der Waals surface area contributed by atoms with Crippen molar-refractivity contribution in [3.8, 4) is 5.75 Å². The van der Waals surface area contributed by atoms with Gasteiger partial charge in [0.1, 0.15) is 5.75 Å². The fourth-order valence-corrected chi connectivity index (χ4v) is 2.52. The number of para-hydroxylation sites is 2. The highest BCUT2D eigenvalue weighted by Gasteiger charge is 2.09. The lowest BCUT2D eigenvalue weighted by molar-refractivity contribution is 0.315. The topological polar surface area (TPSA) is 39.9 Å². The lowest BCUT2D eigenvalue weighted by atomic mass is 10.2. The molecule has 1 aromatic carbocycles. The Morgan fingerprint density at radius 3 is 2.91 bits per heavy atom. The number of aromatic nitrogens is 3. The number of rotatable bonds is 6. The van der Waals surface area contributed by atoms with Gasteiger partial charge in [-0.2, -0.15) is 0 Å². The van der Waals surface area contributed by atoms with E-state index < -0.39 is 0 Å². The van der Waals surface area contributed by atoms with Crippen LogP contribution in [0.2, 0.25) is 0 Å². The second kappa shape index (κ2) is 6.79. The molecule has 0 N–H and O–H groups in total. The van der Waals surface area contributed by atoms with Gasteiger partial charge in [0.15, 0.2) is 0 Å². The van der Waals surface area contributed by atoms with Crippen LogP contribution in [0.5, 0.6) is 5.75 Å². The molecule has 0 radical (unpaired) electrons. The van der Waals surface area contributed by atoms with E-state index in [-0.39, 0.29) is 0 Å². The van der Waals surface area contributed by atoms with Gasteiger partial charge >= 0.3 is 0 Å². The SMILES string of the molecule is Cc1c(OCCCCl)ccnc1Cn1cnc2ccccc21. The Hall–Kier alpha value is -2.07. The maximum absolute atomic E-state index is 5.78. The predicted molar refractivity (Wildman–Crippen MR) is 88.6 cm³/mol. The number of ether oxygens (including phenoxy) is 1. The van der Waals surface area contributed by atoms with Crippen LogP contribution in [0.25, 0.3) is 11.0 Å². The average Bonchev–Trinajstić information content (AvgIpc) is 2.94. The molecule has 0 saturated heterocycles. The third-order valence-electron chi connectivity index (χ3n) is 3.64. The Balaban J connectivity index is 1.84. The molecular weight excluding hydrogens is 298 g/mol. The zero-order valence-electron chi connectivity index (χ0n) is 12.5. The summed E-state index contributed by atoms with van der Waals surface area (Å²) in [6.07, 6.45) is 4.48. The number of hydrogen-bond donors (Lipinski definition) is 0. The zero-order valence-corrected chi connectivity index (χ0v) is 13.3. The quantitative estimate of drug-likeness (QED) is 0.513. The molecule has 0 unspecified atom stereocenters. The summed E-state index contributed by atoms with van der Waals surface area (Å²) in [5.74, 6) is 1.48. The Morgan fingerprint density at radius 2 is 2.05 bits per heavy atom. The number of fused-ring (bicyclic) bond motifs is 1. The average molecular weight is 316 g/mol. The van der Waals surface area contributed by atoms with Gasteiger partial charge in [0.25, 0.3) is 0 Å². The summed E-state index contributed by atoms with van der Waals surface area (Å²) >= 11 is 5.69. The van der Waals surface area contributed by atoms with Crippen LogP contribution in [0, 0.1) is 6.92 Å². The molecule has 2 aromatic heterocycles. The van der Waals surface area contributed by atoms with Gasteiger partial charge in [-0.25, -0.2) is 4.98 Å². The van der Waals surface area contributed by atoms with E-state index in [4.69, 9.17) is 16.3 Å². The van der Waals surface area contributed by atoms with Crippen LogP contribution in [0.3, 0.4) is 0 Å². The number of imidazole rings is 1. The van der Waals surface area contributed by atoms with Crippen molar-refractivity contribution in [2.24, 2.45) is 0 Å². The number of benzene rings is 1. The van der Waals surface area contributed by atoms with Crippen molar-refractivity contribution in [1.29, 1.82) is 0 Å². The molecule has 3 aromatic rings. The number of hydrogen-bond acceptors (Lipinski definition) is 3. The monoisotopic (exact) mass is 315 g/mol. The first-order chi connectivity index (χ1) is 10.8. The minimum Gasteiger partial charge on any atom is -0.493 e. The highest BCUT2D eigenvalue weighted by molar-refractivity contribution is 6.17. The van der Waals surface area contributed by atoms with E-state index in [1.807, 2.05) is 37.5 Å². The van der Waals surface area contributed by atoms with E-state index in [1.54, 1.807) is 6.20 Å². The van der Waals surface area contributed by atoms with E-state index in [1.165, 1.54) is 0 Å².